The molecule has 2 N–H and O–H groups in total. The van der Waals surface area contributed by atoms with Crippen LogP contribution >= 0.6 is 27.5 Å². The molecule has 9 heteroatoms. The summed E-state index contributed by atoms with van der Waals surface area (Å²) < 4.78 is 39.7. The minimum absolute atomic E-state index is 0.140. The highest BCUT2D eigenvalue weighted by Gasteiger charge is 2.34. The number of anilines is 1. The summed E-state index contributed by atoms with van der Waals surface area (Å²) in [5, 5.41) is 9.00. The molecule has 0 heterocycles. The van der Waals surface area contributed by atoms with Crippen molar-refractivity contribution in [1.82, 2.24) is 5.43 Å². The molecule has 0 aliphatic heterocycles. The fourth-order valence-electron chi connectivity index (χ4n) is 1.79. The van der Waals surface area contributed by atoms with Gasteiger partial charge in [0.15, 0.2) is 0 Å². The Morgan fingerprint density at radius 3 is 2.50 bits per heavy atom. The molecule has 24 heavy (non-hydrogen) atoms. The van der Waals surface area contributed by atoms with Crippen molar-refractivity contribution in [3.63, 3.8) is 0 Å². The van der Waals surface area contributed by atoms with Crippen LogP contribution in [0.2, 0.25) is 5.02 Å². The van der Waals surface area contributed by atoms with Gasteiger partial charge in [0.2, 0.25) is 0 Å². The lowest BCUT2D eigenvalue weighted by Crippen LogP contribution is -2.30. The maximum Gasteiger partial charge on any atom is 0.418 e. The Morgan fingerprint density at radius 2 is 1.92 bits per heavy atom. The van der Waals surface area contributed by atoms with Crippen LogP contribution in [0.4, 0.5) is 18.9 Å². The molecule has 0 saturated heterocycles. The van der Waals surface area contributed by atoms with E-state index in [1.54, 1.807) is 12.1 Å². The number of hydrogen-bond donors (Lipinski definition) is 2. The molecule has 0 aliphatic rings. The van der Waals surface area contributed by atoms with Gasteiger partial charge in [-0.1, -0.05) is 11.6 Å². The van der Waals surface area contributed by atoms with Crippen molar-refractivity contribution in [1.29, 1.82) is 5.26 Å². The number of amides is 1. The molecule has 2 rings (SSSR count). The quantitative estimate of drug-likeness (QED) is 0.707. The SMILES string of the molecule is N#Cc1ccc(NNC(=O)c2ccc(Br)c(Cl)c2)c(C(F)(F)F)c1. The molecule has 4 nitrogen and oxygen atoms in total. The number of nitrogens with one attached hydrogen (secondary N) is 2. The third kappa shape index (κ3) is 4.19. The summed E-state index contributed by atoms with van der Waals surface area (Å²) in [6.45, 7) is 0. The van der Waals surface area contributed by atoms with Crippen LogP contribution in [0.3, 0.4) is 0 Å². The van der Waals surface area contributed by atoms with Gasteiger partial charge in [-0.05, 0) is 52.3 Å². The number of nitrogens with zero attached hydrogens (tertiary/aromatic N) is 1. The molecule has 0 atom stereocenters. The third-order valence-electron chi connectivity index (χ3n) is 2.95. The first-order chi connectivity index (χ1) is 11.2. The van der Waals surface area contributed by atoms with Gasteiger partial charge >= 0.3 is 6.18 Å². The van der Waals surface area contributed by atoms with Crippen molar-refractivity contribution >= 4 is 39.1 Å². The van der Waals surface area contributed by atoms with E-state index < -0.39 is 17.6 Å². The van der Waals surface area contributed by atoms with E-state index in [1.807, 2.05) is 0 Å². The molecule has 0 aliphatic carbocycles. The fraction of sp³-hybridized carbons (Fsp3) is 0.0667. The van der Waals surface area contributed by atoms with E-state index in [0.29, 0.717) is 10.5 Å². The molecule has 0 fully saturated rings. The second-order valence-corrected chi connectivity index (χ2v) is 5.84. The van der Waals surface area contributed by atoms with E-state index in [0.717, 1.165) is 6.07 Å². The van der Waals surface area contributed by atoms with Crippen LogP contribution in [0.25, 0.3) is 0 Å². The summed E-state index contributed by atoms with van der Waals surface area (Å²) in [7, 11) is 0. The van der Waals surface area contributed by atoms with E-state index in [2.05, 4.69) is 26.8 Å². The molecule has 0 aromatic heterocycles. The Balaban J connectivity index is 2.21. The number of benzene rings is 2. The first kappa shape index (κ1) is 18.1. The first-order valence-corrected chi connectivity index (χ1v) is 7.52. The Labute approximate surface area is 148 Å². The van der Waals surface area contributed by atoms with E-state index in [-0.39, 0.29) is 21.8 Å². The van der Waals surface area contributed by atoms with Crippen LogP contribution in [-0.2, 0) is 6.18 Å². The summed E-state index contributed by atoms with van der Waals surface area (Å²) in [4.78, 5) is 12.0. The number of rotatable bonds is 3. The maximum absolute atomic E-state index is 13.0. The molecule has 1 amide bonds. The lowest BCUT2D eigenvalue weighted by Gasteiger charge is -2.15. The van der Waals surface area contributed by atoms with Crippen molar-refractivity contribution in [3.05, 3.63) is 62.6 Å². The van der Waals surface area contributed by atoms with Crippen LogP contribution in [-0.4, -0.2) is 5.91 Å². The number of nitriles is 1. The van der Waals surface area contributed by atoms with Gasteiger partial charge < -0.3 is 0 Å². The number of alkyl halides is 3. The highest BCUT2D eigenvalue weighted by Crippen LogP contribution is 2.35. The molecule has 0 radical (unpaired) electrons. The molecule has 0 unspecified atom stereocenters. The van der Waals surface area contributed by atoms with Crippen LogP contribution in [0.15, 0.2) is 40.9 Å². The Hall–Kier alpha value is -2.24. The second-order valence-electron chi connectivity index (χ2n) is 4.58. The predicted molar refractivity (Wildman–Crippen MR) is 86.4 cm³/mol. The van der Waals surface area contributed by atoms with Gasteiger partial charge in [-0.15, -0.1) is 0 Å². The van der Waals surface area contributed by atoms with E-state index in [4.69, 9.17) is 16.9 Å². The summed E-state index contributed by atoms with van der Waals surface area (Å²) in [5.41, 5.74) is 2.97. The van der Waals surface area contributed by atoms with Crippen LogP contribution in [0.5, 0.6) is 0 Å². The minimum Gasteiger partial charge on any atom is -0.298 e. The van der Waals surface area contributed by atoms with Crippen molar-refractivity contribution in [2.24, 2.45) is 0 Å². The molecule has 2 aromatic rings. The van der Waals surface area contributed by atoms with Crippen molar-refractivity contribution in [2.75, 3.05) is 5.43 Å². The van der Waals surface area contributed by atoms with Gasteiger partial charge in [-0.25, -0.2) is 0 Å². The molecule has 2 aromatic carbocycles. The largest absolute Gasteiger partial charge is 0.418 e. The Morgan fingerprint density at radius 1 is 1.21 bits per heavy atom. The Kier molecular flexibility index (Phi) is 5.36. The van der Waals surface area contributed by atoms with Gasteiger partial charge in [-0.3, -0.25) is 15.6 Å². The third-order valence-corrected chi connectivity index (χ3v) is 4.18. The van der Waals surface area contributed by atoms with E-state index >= 15 is 0 Å². The summed E-state index contributed by atoms with van der Waals surface area (Å²) in [6.07, 6.45) is -4.68. The molecular weight excluding hydrogens is 411 g/mol. The number of halogens is 5. The van der Waals surface area contributed by atoms with E-state index in [1.165, 1.54) is 18.2 Å². The van der Waals surface area contributed by atoms with Crippen LogP contribution in [0, 0.1) is 11.3 Å². The number of hydrogen-bond acceptors (Lipinski definition) is 3. The predicted octanol–water partition coefficient (Wildman–Crippen LogP) is 4.75. The maximum atomic E-state index is 13.0. The highest BCUT2D eigenvalue weighted by molar-refractivity contribution is 9.10. The summed E-state index contributed by atoms with van der Waals surface area (Å²) in [5.74, 6) is -0.665. The molecular formula is C15H8BrClF3N3O. The molecule has 0 spiro atoms. The summed E-state index contributed by atoms with van der Waals surface area (Å²) >= 11 is 9.04. The van der Waals surface area contributed by atoms with Crippen molar-refractivity contribution in [3.8, 4) is 6.07 Å². The standard InChI is InChI=1S/C15H8BrClF3N3O/c16-11-3-2-9(6-12(11)17)14(24)23-22-13-4-1-8(7-21)5-10(13)15(18,19)20/h1-6,22H,(H,23,24). The number of carbonyl (C=O) groups excluding carboxylic acids is 1. The topological polar surface area (TPSA) is 64.9 Å². The van der Waals surface area contributed by atoms with Crippen molar-refractivity contribution in [2.45, 2.75) is 6.18 Å². The molecule has 124 valence electrons. The van der Waals surface area contributed by atoms with Gasteiger partial charge in [0.25, 0.3) is 5.91 Å². The molecule has 0 bridgehead atoms. The van der Waals surface area contributed by atoms with Crippen molar-refractivity contribution < 1.29 is 18.0 Å². The van der Waals surface area contributed by atoms with Gasteiger partial charge in [0.1, 0.15) is 0 Å². The van der Waals surface area contributed by atoms with Gasteiger partial charge in [-0.2, -0.15) is 18.4 Å². The van der Waals surface area contributed by atoms with Gasteiger partial charge in [0, 0.05) is 10.0 Å². The zero-order valence-electron chi connectivity index (χ0n) is 11.7. The minimum atomic E-state index is -4.68. The summed E-state index contributed by atoms with van der Waals surface area (Å²) in [6, 6.07) is 8.97. The average molecular weight is 419 g/mol. The fourth-order valence-corrected chi connectivity index (χ4v) is 2.22. The zero-order chi connectivity index (χ0) is 17.9. The monoisotopic (exact) mass is 417 g/mol. The van der Waals surface area contributed by atoms with E-state index in [9.17, 15) is 18.0 Å². The number of carbonyl (C=O) groups is 1. The zero-order valence-corrected chi connectivity index (χ0v) is 14.1. The lowest BCUT2D eigenvalue weighted by molar-refractivity contribution is -0.137. The van der Waals surface area contributed by atoms with Crippen LogP contribution < -0.4 is 10.9 Å². The van der Waals surface area contributed by atoms with Gasteiger partial charge in [0.05, 0.1) is 27.9 Å². The highest BCUT2D eigenvalue weighted by atomic mass is 79.9. The first-order valence-electron chi connectivity index (χ1n) is 6.35. The van der Waals surface area contributed by atoms with Crippen LogP contribution in [0.1, 0.15) is 21.5 Å². The average Bonchev–Trinajstić information content (AvgIpc) is 2.54. The smallest absolute Gasteiger partial charge is 0.298 e. The second kappa shape index (κ2) is 7.11. The Bertz CT molecular complexity index is 834. The normalized spacial score (nSPS) is 10.8. The number of hydrazine groups is 1. The lowest BCUT2D eigenvalue weighted by atomic mass is 10.1. The molecule has 0 saturated carbocycles.